The van der Waals surface area contributed by atoms with Gasteiger partial charge < -0.3 is 16.0 Å². The fourth-order valence-corrected chi connectivity index (χ4v) is 1.97. The van der Waals surface area contributed by atoms with Crippen LogP contribution >= 0.6 is 24.8 Å². The van der Waals surface area contributed by atoms with E-state index in [4.69, 9.17) is 5.73 Å². The van der Waals surface area contributed by atoms with Crippen LogP contribution in [0.1, 0.15) is 19.4 Å². The van der Waals surface area contributed by atoms with Crippen molar-refractivity contribution in [2.75, 3.05) is 26.2 Å². The Bertz CT molecular complexity index is 372. The van der Waals surface area contributed by atoms with Gasteiger partial charge in [-0.15, -0.1) is 24.8 Å². The normalized spacial score (nSPS) is 11.2. The molecule has 1 rings (SSSR count). The summed E-state index contributed by atoms with van der Waals surface area (Å²) in [5.41, 5.74) is 7.00. The van der Waals surface area contributed by atoms with E-state index in [1.54, 1.807) is 0 Å². The lowest BCUT2D eigenvalue weighted by atomic mass is 10.1. The molecule has 0 aliphatic carbocycles. The van der Waals surface area contributed by atoms with Gasteiger partial charge in [0.1, 0.15) is 0 Å². The zero-order valence-corrected chi connectivity index (χ0v) is 14.4. The van der Waals surface area contributed by atoms with E-state index in [-0.39, 0.29) is 30.7 Å². The maximum Gasteiger partial charge on any atom is 0.237 e. The Morgan fingerprint density at radius 2 is 1.76 bits per heavy atom. The van der Waals surface area contributed by atoms with Crippen LogP contribution in [0, 0.1) is 0 Å². The van der Waals surface area contributed by atoms with E-state index in [2.05, 4.69) is 24.1 Å². The second-order valence-electron chi connectivity index (χ2n) is 4.61. The predicted molar refractivity (Wildman–Crippen MR) is 93.4 cm³/mol. The Morgan fingerprint density at radius 1 is 1.19 bits per heavy atom. The van der Waals surface area contributed by atoms with Crippen LogP contribution in [0.25, 0.3) is 0 Å². The van der Waals surface area contributed by atoms with Gasteiger partial charge in [0.15, 0.2) is 0 Å². The minimum Gasteiger partial charge on any atom is -0.353 e. The molecular formula is C15H27Cl2N3O. The van der Waals surface area contributed by atoms with Gasteiger partial charge in [-0.25, -0.2) is 0 Å². The number of likely N-dealkylation sites (N-methyl/N-ethyl adjacent to an activating group) is 1. The molecule has 0 heterocycles. The van der Waals surface area contributed by atoms with E-state index in [0.29, 0.717) is 13.0 Å². The first-order valence-electron chi connectivity index (χ1n) is 6.97. The minimum atomic E-state index is -0.473. The second kappa shape index (κ2) is 12.9. The number of rotatable bonds is 8. The molecule has 1 aromatic carbocycles. The molecule has 0 unspecified atom stereocenters. The lowest BCUT2D eigenvalue weighted by molar-refractivity contribution is -0.122. The summed E-state index contributed by atoms with van der Waals surface area (Å²) in [6, 6.07) is 9.38. The maximum absolute atomic E-state index is 11.9. The van der Waals surface area contributed by atoms with Crippen LogP contribution in [-0.4, -0.2) is 43.0 Å². The van der Waals surface area contributed by atoms with E-state index in [1.807, 2.05) is 30.3 Å². The van der Waals surface area contributed by atoms with Gasteiger partial charge in [0.05, 0.1) is 6.04 Å². The van der Waals surface area contributed by atoms with Crippen molar-refractivity contribution in [1.29, 1.82) is 0 Å². The summed E-state index contributed by atoms with van der Waals surface area (Å²) in [5, 5.41) is 2.90. The summed E-state index contributed by atoms with van der Waals surface area (Å²) in [5.74, 6) is -0.0731. The average Bonchev–Trinajstić information content (AvgIpc) is 2.44. The molecule has 6 heteroatoms. The van der Waals surface area contributed by atoms with Crippen molar-refractivity contribution in [2.45, 2.75) is 26.3 Å². The number of halogens is 2. The third-order valence-corrected chi connectivity index (χ3v) is 3.26. The quantitative estimate of drug-likeness (QED) is 0.762. The van der Waals surface area contributed by atoms with E-state index in [0.717, 1.165) is 25.2 Å². The van der Waals surface area contributed by atoms with E-state index in [1.165, 1.54) is 0 Å². The van der Waals surface area contributed by atoms with Crippen molar-refractivity contribution in [3.8, 4) is 0 Å². The monoisotopic (exact) mass is 335 g/mol. The zero-order chi connectivity index (χ0) is 14.1. The fourth-order valence-electron chi connectivity index (χ4n) is 1.97. The first-order valence-corrected chi connectivity index (χ1v) is 6.97. The van der Waals surface area contributed by atoms with E-state index >= 15 is 0 Å². The van der Waals surface area contributed by atoms with E-state index in [9.17, 15) is 4.79 Å². The molecule has 3 N–H and O–H groups in total. The van der Waals surface area contributed by atoms with Crippen LogP contribution in [0.3, 0.4) is 0 Å². The Kier molecular flexibility index (Phi) is 13.8. The number of carbonyl (C=O) groups is 1. The van der Waals surface area contributed by atoms with Crippen LogP contribution in [-0.2, 0) is 11.2 Å². The molecule has 0 aliphatic rings. The number of nitrogens with zero attached hydrogens (tertiary/aromatic N) is 1. The maximum atomic E-state index is 11.9. The van der Waals surface area contributed by atoms with Gasteiger partial charge in [0, 0.05) is 13.1 Å². The first-order chi connectivity index (χ1) is 9.17. The third kappa shape index (κ3) is 8.94. The molecule has 0 aliphatic heterocycles. The number of amides is 1. The van der Waals surface area contributed by atoms with Gasteiger partial charge in [-0.2, -0.15) is 0 Å². The number of hydrogen-bond acceptors (Lipinski definition) is 3. The third-order valence-electron chi connectivity index (χ3n) is 3.26. The van der Waals surface area contributed by atoms with Crippen LogP contribution in [0.2, 0.25) is 0 Å². The lowest BCUT2D eigenvalue weighted by Gasteiger charge is -2.19. The first kappa shape index (κ1) is 22.5. The standard InChI is InChI=1S/C15H25N3O.2ClH/c1-3-18(4-2)11-10-17-15(19)14(16)12-13-8-6-5-7-9-13;;/h5-9,14H,3-4,10-12,16H2,1-2H3,(H,17,19);2*1H/t14-;;/m0../s1. The molecule has 1 amide bonds. The molecule has 0 spiro atoms. The predicted octanol–water partition coefficient (Wildman–Crippen LogP) is 1.86. The molecule has 0 fully saturated rings. The van der Waals surface area contributed by atoms with Crippen LogP contribution in [0.5, 0.6) is 0 Å². The summed E-state index contributed by atoms with van der Waals surface area (Å²) in [6.45, 7) is 7.77. The van der Waals surface area contributed by atoms with Gasteiger partial charge in [-0.1, -0.05) is 44.2 Å². The summed E-state index contributed by atoms with van der Waals surface area (Å²) >= 11 is 0. The molecule has 1 atom stereocenters. The number of hydrogen-bond donors (Lipinski definition) is 2. The molecule has 1 aromatic rings. The molecular weight excluding hydrogens is 309 g/mol. The minimum absolute atomic E-state index is 0. The molecule has 21 heavy (non-hydrogen) atoms. The van der Waals surface area contributed by atoms with Crippen LogP contribution in [0.4, 0.5) is 0 Å². The SMILES string of the molecule is CCN(CC)CCNC(=O)[C@@H](N)Cc1ccccc1.Cl.Cl. The van der Waals surface area contributed by atoms with Gasteiger partial charge in [0.25, 0.3) is 0 Å². The zero-order valence-electron chi connectivity index (χ0n) is 12.7. The van der Waals surface area contributed by atoms with Gasteiger partial charge in [0.2, 0.25) is 5.91 Å². The van der Waals surface area contributed by atoms with Crippen molar-refractivity contribution in [1.82, 2.24) is 10.2 Å². The van der Waals surface area contributed by atoms with E-state index < -0.39 is 6.04 Å². The highest BCUT2D eigenvalue weighted by atomic mass is 35.5. The second-order valence-corrected chi connectivity index (χ2v) is 4.61. The highest BCUT2D eigenvalue weighted by Gasteiger charge is 2.13. The highest BCUT2D eigenvalue weighted by Crippen LogP contribution is 2.01. The number of nitrogens with two attached hydrogens (primary N) is 1. The van der Waals surface area contributed by atoms with Crippen molar-refractivity contribution < 1.29 is 4.79 Å². The fraction of sp³-hybridized carbons (Fsp3) is 0.533. The molecule has 0 radical (unpaired) electrons. The van der Waals surface area contributed by atoms with Gasteiger partial charge in [-0.05, 0) is 25.1 Å². The van der Waals surface area contributed by atoms with Crippen molar-refractivity contribution in [3.05, 3.63) is 35.9 Å². The summed E-state index contributed by atoms with van der Waals surface area (Å²) in [7, 11) is 0. The number of carbonyl (C=O) groups excluding carboxylic acids is 1. The Balaban J connectivity index is 0. The van der Waals surface area contributed by atoms with Gasteiger partial charge >= 0.3 is 0 Å². The number of nitrogens with one attached hydrogen (secondary N) is 1. The summed E-state index contributed by atoms with van der Waals surface area (Å²) in [6.07, 6.45) is 0.581. The molecule has 0 bridgehead atoms. The Labute approximate surface area is 140 Å². The molecule has 122 valence electrons. The van der Waals surface area contributed by atoms with Crippen molar-refractivity contribution in [2.24, 2.45) is 5.73 Å². The Hall–Kier alpha value is -0.810. The summed E-state index contributed by atoms with van der Waals surface area (Å²) in [4.78, 5) is 14.1. The largest absolute Gasteiger partial charge is 0.353 e. The molecule has 0 aromatic heterocycles. The Morgan fingerprint density at radius 3 is 2.29 bits per heavy atom. The number of benzene rings is 1. The van der Waals surface area contributed by atoms with Crippen LogP contribution in [0.15, 0.2) is 30.3 Å². The van der Waals surface area contributed by atoms with Crippen molar-refractivity contribution >= 4 is 30.7 Å². The molecule has 0 saturated heterocycles. The smallest absolute Gasteiger partial charge is 0.237 e. The van der Waals surface area contributed by atoms with Crippen molar-refractivity contribution in [3.63, 3.8) is 0 Å². The topological polar surface area (TPSA) is 58.4 Å². The average molecular weight is 336 g/mol. The van der Waals surface area contributed by atoms with Crippen LogP contribution < -0.4 is 11.1 Å². The van der Waals surface area contributed by atoms with Gasteiger partial charge in [-0.3, -0.25) is 4.79 Å². The molecule has 0 saturated carbocycles. The highest BCUT2D eigenvalue weighted by molar-refractivity contribution is 5.85. The summed E-state index contributed by atoms with van der Waals surface area (Å²) < 4.78 is 0. The lowest BCUT2D eigenvalue weighted by Crippen LogP contribution is -2.44. The molecule has 4 nitrogen and oxygen atoms in total.